The molecule has 3 aromatic rings. The van der Waals surface area contributed by atoms with E-state index >= 15 is 0 Å². The monoisotopic (exact) mass is 422 g/mol. The van der Waals surface area contributed by atoms with Gasteiger partial charge in [0.1, 0.15) is 5.56 Å². The molecule has 0 aliphatic heterocycles. The lowest BCUT2D eigenvalue weighted by molar-refractivity contribution is 0.0947. The number of aryl methyl sites for hydroxylation is 4. The number of nitrogens with one attached hydrogen (secondary N) is 1. The van der Waals surface area contributed by atoms with Gasteiger partial charge in [-0.05, 0) is 49.6 Å². The first-order chi connectivity index (χ1) is 14.9. The van der Waals surface area contributed by atoms with Gasteiger partial charge >= 0.3 is 0 Å². The summed E-state index contributed by atoms with van der Waals surface area (Å²) < 4.78 is 12.1. The Labute approximate surface area is 180 Å². The third kappa shape index (κ3) is 5.28. The zero-order chi connectivity index (χ0) is 22.4. The van der Waals surface area contributed by atoms with Crippen molar-refractivity contribution in [3.63, 3.8) is 0 Å². The maximum absolute atomic E-state index is 13.0. The Balaban J connectivity index is 1.73. The molecule has 2 heterocycles. The van der Waals surface area contributed by atoms with Crippen molar-refractivity contribution < 1.29 is 14.3 Å². The third-order valence-corrected chi connectivity index (χ3v) is 4.95. The smallest absolute Gasteiger partial charge is 0.263 e. The summed E-state index contributed by atoms with van der Waals surface area (Å²) in [6.07, 6.45) is 5.55. The molecule has 0 spiro atoms. The minimum absolute atomic E-state index is 0.134. The van der Waals surface area contributed by atoms with E-state index in [-0.39, 0.29) is 17.7 Å². The normalized spacial score (nSPS) is 10.6. The number of hydrogen-bond acceptors (Lipinski definition) is 6. The van der Waals surface area contributed by atoms with Crippen LogP contribution in [0, 0.1) is 13.8 Å². The quantitative estimate of drug-likeness (QED) is 0.599. The number of amides is 1. The average Bonchev–Trinajstić information content (AvgIpc) is 2.78. The van der Waals surface area contributed by atoms with Gasteiger partial charge in [-0.3, -0.25) is 19.6 Å². The lowest BCUT2D eigenvalue weighted by Gasteiger charge is -2.12. The zero-order valence-electron chi connectivity index (χ0n) is 18.1. The molecule has 31 heavy (non-hydrogen) atoms. The van der Waals surface area contributed by atoms with E-state index < -0.39 is 5.91 Å². The predicted octanol–water partition coefficient (Wildman–Crippen LogP) is 2.45. The number of carbonyl (C=O) groups excluding carboxylic acids is 1. The first kappa shape index (κ1) is 22.0. The van der Waals surface area contributed by atoms with E-state index in [2.05, 4.69) is 15.3 Å². The predicted molar refractivity (Wildman–Crippen MR) is 117 cm³/mol. The molecule has 0 saturated carbocycles. The van der Waals surface area contributed by atoms with Crippen molar-refractivity contribution in [2.75, 3.05) is 14.2 Å². The van der Waals surface area contributed by atoms with Gasteiger partial charge in [-0.2, -0.15) is 0 Å². The Morgan fingerprint density at radius 1 is 1.06 bits per heavy atom. The van der Waals surface area contributed by atoms with Crippen molar-refractivity contribution in [1.29, 1.82) is 0 Å². The van der Waals surface area contributed by atoms with Crippen molar-refractivity contribution in [2.45, 2.75) is 33.4 Å². The molecular weight excluding hydrogens is 396 g/mol. The molecule has 0 aliphatic carbocycles. The first-order valence-electron chi connectivity index (χ1n) is 9.89. The molecule has 0 fully saturated rings. The number of methoxy groups -OCH3 is 2. The summed E-state index contributed by atoms with van der Waals surface area (Å²) in [6, 6.07) is 7.42. The van der Waals surface area contributed by atoms with Gasteiger partial charge in [-0.15, -0.1) is 0 Å². The molecule has 0 saturated heterocycles. The van der Waals surface area contributed by atoms with Crippen molar-refractivity contribution >= 4 is 5.91 Å². The van der Waals surface area contributed by atoms with Gasteiger partial charge in [0.2, 0.25) is 0 Å². The maximum atomic E-state index is 13.0. The highest BCUT2D eigenvalue weighted by Crippen LogP contribution is 2.27. The number of benzene rings is 1. The number of hydrogen-bond donors (Lipinski definition) is 1. The molecule has 1 N–H and O–H groups in total. The molecule has 3 rings (SSSR count). The van der Waals surface area contributed by atoms with Gasteiger partial charge in [0.25, 0.3) is 11.5 Å². The maximum Gasteiger partial charge on any atom is 0.263 e. The van der Waals surface area contributed by atoms with E-state index in [1.165, 1.54) is 0 Å². The second-order valence-corrected chi connectivity index (χ2v) is 7.14. The largest absolute Gasteiger partial charge is 0.493 e. The van der Waals surface area contributed by atoms with Gasteiger partial charge in [0, 0.05) is 18.9 Å². The molecule has 0 aliphatic rings. The lowest BCUT2D eigenvalue weighted by Crippen LogP contribution is -2.34. The second-order valence-electron chi connectivity index (χ2n) is 7.14. The molecule has 8 nitrogen and oxygen atoms in total. The summed E-state index contributed by atoms with van der Waals surface area (Å²) in [7, 11) is 3.17. The Bertz CT molecular complexity index is 1120. The Morgan fingerprint density at radius 2 is 1.84 bits per heavy atom. The highest BCUT2D eigenvalue weighted by atomic mass is 16.5. The summed E-state index contributed by atoms with van der Waals surface area (Å²) in [6.45, 7) is 4.22. The van der Waals surface area contributed by atoms with Gasteiger partial charge < -0.3 is 19.4 Å². The molecule has 1 amide bonds. The topological polar surface area (TPSA) is 95.3 Å². The van der Waals surface area contributed by atoms with Gasteiger partial charge in [-0.1, -0.05) is 6.07 Å². The SMILES string of the molecule is COc1ccc(CCn2ccc(C)c(C(=O)NCc3cnc(C)cn3)c2=O)cc1OC. The number of ether oxygens (including phenoxy) is 2. The molecular formula is C23H26N4O4. The molecule has 0 unspecified atom stereocenters. The fourth-order valence-electron chi connectivity index (χ4n) is 3.17. The highest BCUT2D eigenvalue weighted by Gasteiger charge is 2.16. The van der Waals surface area contributed by atoms with Crippen molar-refractivity contribution in [1.82, 2.24) is 19.9 Å². The fourth-order valence-corrected chi connectivity index (χ4v) is 3.17. The lowest BCUT2D eigenvalue weighted by atomic mass is 10.1. The fraction of sp³-hybridized carbons (Fsp3) is 0.304. The molecule has 2 aromatic heterocycles. The van der Waals surface area contributed by atoms with E-state index in [9.17, 15) is 9.59 Å². The van der Waals surface area contributed by atoms with Crippen LogP contribution in [-0.4, -0.2) is 34.7 Å². The van der Waals surface area contributed by atoms with Crippen LogP contribution in [0.4, 0.5) is 0 Å². The van der Waals surface area contributed by atoms with Crippen LogP contribution < -0.4 is 20.3 Å². The van der Waals surface area contributed by atoms with E-state index in [1.54, 1.807) is 50.4 Å². The molecule has 1 aromatic carbocycles. The van der Waals surface area contributed by atoms with Gasteiger partial charge in [-0.25, -0.2) is 0 Å². The van der Waals surface area contributed by atoms with E-state index in [4.69, 9.17) is 9.47 Å². The summed E-state index contributed by atoms with van der Waals surface area (Å²) in [4.78, 5) is 34.0. The van der Waals surface area contributed by atoms with Gasteiger partial charge in [0.15, 0.2) is 11.5 Å². The molecule has 0 atom stereocenters. The zero-order valence-corrected chi connectivity index (χ0v) is 18.1. The standard InChI is InChI=1S/C23H26N4O4/c1-15-7-9-27(10-8-17-5-6-19(30-3)20(11-17)31-4)23(29)21(15)22(28)26-14-18-13-24-16(2)12-25-18/h5-7,9,11-13H,8,10,14H2,1-4H3,(H,26,28). The van der Waals surface area contributed by atoms with E-state index in [0.717, 1.165) is 11.3 Å². The molecule has 8 heteroatoms. The third-order valence-electron chi connectivity index (χ3n) is 4.95. The van der Waals surface area contributed by atoms with Crippen LogP contribution in [0.3, 0.4) is 0 Å². The van der Waals surface area contributed by atoms with Crippen LogP contribution in [0.5, 0.6) is 11.5 Å². The summed E-state index contributed by atoms with van der Waals surface area (Å²) >= 11 is 0. The van der Waals surface area contributed by atoms with Crippen LogP contribution in [0.2, 0.25) is 0 Å². The Morgan fingerprint density at radius 3 is 2.52 bits per heavy atom. The molecule has 0 radical (unpaired) electrons. The highest BCUT2D eigenvalue weighted by molar-refractivity contribution is 5.95. The average molecular weight is 422 g/mol. The number of pyridine rings is 1. The van der Waals surface area contributed by atoms with Crippen molar-refractivity contribution in [3.05, 3.63) is 81.3 Å². The number of rotatable bonds is 8. The summed E-state index contributed by atoms with van der Waals surface area (Å²) in [5, 5.41) is 2.76. The van der Waals surface area contributed by atoms with E-state index in [0.29, 0.717) is 35.7 Å². The van der Waals surface area contributed by atoms with Crippen LogP contribution in [0.25, 0.3) is 0 Å². The van der Waals surface area contributed by atoms with Crippen LogP contribution in [0.1, 0.15) is 32.9 Å². The number of nitrogens with zero attached hydrogens (tertiary/aromatic N) is 3. The van der Waals surface area contributed by atoms with Gasteiger partial charge in [0.05, 0.1) is 38.3 Å². The number of aromatic nitrogens is 3. The minimum atomic E-state index is -0.426. The minimum Gasteiger partial charge on any atom is -0.493 e. The van der Waals surface area contributed by atoms with Crippen LogP contribution >= 0.6 is 0 Å². The Hall–Kier alpha value is -3.68. The molecule has 0 bridgehead atoms. The van der Waals surface area contributed by atoms with E-state index in [1.807, 2.05) is 25.1 Å². The first-order valence-corrected chi connectivity index (χ1v) is 9.89. The second kappa shape index (κ2) is 9.88. The van der Waals surface area contributed by atoms with Crippen molar-refractivity contribution in [2.24, 2.45) is 0 Å². The summed E-state index contributed by atoms with van der Waals surface area (Å²) in [5.41, 5.74) is 2.85. The van der Waals surface area contributed by atoms with Crippen molar-refractivity contribution in [3.8, 4) is 11.5 Å². The number of carbonyl (C=O) groups is 1. The molecule has 162 valence electrons. The Kier molecular flexibility index (Phi) is 7.02. The summed E-state index contributed by atoms with van der Waals surface area (Å²) in [5.74, 6) is 0.858. The van der Waals surface area contributed by atoms with Crippen LogP contribution in [-0.2, 0) is 19.5 Å². The van der Waals surface area contributed by atoms with Crippen LogP contribution in [0.15, 0.2) is 47.7 Å².